The van der Waals surface area contributed by atoms with Gasteiger partial charge in [0.25, 0.3) is 5.69 Å². The summed E-state index contributed by atoms with van der Waals surface area (Å²) in [7, 11) is 0. The average molecular weight is 313 g/mol. The number of ether oxygens (including phenoxy) is 1. The molecule has 0 aliphatic carbocycles. The fraction of sp³-hybridized carbons (Fsp3) is 0.500. The molecule has 0 aliphatic rings. The Hall–Kier alpha value is -2.38. The fourth-order valence-corrected chi connectivity index (χ4v) is 1.61. The number of halogens is 1. The van der Waals surface area contributed by atoms with Gasteiger partial charge in [0.2, 0.25) is 0 Å². The number of non-ortho nitro benzene ring substituents is 1. The second kappa shape index (κ2) is 7.58. The number of nitrogens with zero attached hydrogens (tertiary/aromatic N) is 1. The van der Waals surface area contributed by atoms with E-state index >= 15 is 0 Å². The summed E-state index contributed by atoms with van der Waals surface area (Å²) in [5, 5.41) is 16.1. The highest BCUT2D eigenvalue weighted by Crippen LogP contribution is 2.19. The van der Waals surface area contributed by atoms with Gasteiger partial charge in [0.1, 0.15) is 11.4 Å². The van der Waals surface area contributed by atoms with Gasteiger partial charge < -0.3 is 15.4 Å². The molecule has 0 radical (unpaired) electrons. The van der Waals surface area contributed by atoms with E-state index in [0.29, 0.717) is 25.2 Å². The number of hydrogen-bond acceptors (Lipinski definition) is 5. The maximum atomic E-state index is 13.2. The van der Waals surface area contributed by atoms with Gasteiger partial charge in [-0.15, -0.1) is 0 Å². The lowest BCUT2D eigenvalue weighted by Crippen LogP contribution is -2.33. The lowest BCUT2D eigenvalue weighted by atomic mass is 10.2. The third-order valence-corrected chi connectivity index (χ3v) is 2.44. The Morgan fingerprint density at radius 3 is 2.59 bits per heavy atom. The molecule has 1 aromatic carbocycles. The minimum Gasteiger partial charge on any atom is -0.444 e. The van der Waals surface area contributed by atoms with Crippen molar-refractivity contribution in [3.63, 3.8) is 0 Å². The summed E-state index contributed by atoms with van der Waals surface area (Å²) in [6, 6.07) is 3.29. The van der Waals surface area contributed by atoms with Gasteiger partial charge in [-0.25, -0.2) is 9.18 Å². The predicted molar refractivity (Wildman–Crippen MR) is 80.4 cm³/mol. The lowest BCUT2D eigenvalue weighted by molar-refractivity contribution is -0.385. The molecular weight excluding hydrogens is 293 g/mol. The Bertz CT molecular complexity index is 543. The van der Waals surface area contributed by atoms with E-state index in [9.17, 15) is 19.3 Å². The van der Waals surface area contributed by atoms with Gasteiger partial charge in [0, 0.05) is 24.8 Å². The van der Waals surface area contributed by atoms with Crippen LogP contribution in [0.2, 0.25) is 0 Å². The minimum atomic E-state index is -0.677. The van der Waals surface area contributed by atoms with Crippen molar-refractivity contribution in [2.45, 2.75) is 32.8 Å². The summed E-state index contributed by atoms with van der Waals surface area (Å²) in [4.78, 5) is 21.3. The highest BCUT2D eigenvalue weighted by molar-refractivity contribution is 5.67. The van der Waals surface area contributed by atoms with E-state index in [-0.39, 0.29) is 5.69 Å². The SMILES string of the molecule is CC(C)(C)OC(=O)NCCCNc1cc(F)cc([N+](=O)[O-])c1. The number of nitro benzene ring substituents is 1. The molecule has 0 fully saturated rings. The van der Waals surface area contributed by atoms with Gasteiger partial charge in [-0.2, -0.15) is 0 Å². The standard InChI is InChI=1S/C14H20FN3O4/c1-14(2,3)22-13(19)17-6-4-5-16-11-7-10(15)8-12(9-11)18(20)21/h7-9,16H,4-6H2,1-3H3,(H,17,19). The highest BCUT2D eigenvalue weighted by Gasteiger charge is 2.15. The molecule has 0 spiro atoms. The molecule has 0 heterocycles. The van der Waals surface area contributed by atoms with Crippen LogP contribution in [0.4, 0.5) is 20.6 Å². The van der Waals surface area contributed by atoms with Gasteiger partial charge in [0.15, 0.2) is 0 Å². The zero-order chi connectivity index (χ0) is 16.8. The summed E-state index contributed by atoms with van der Waals surface area (Å²) >= 11 is 0. The van der Waals surface area contributed by atoms with Crippen LogP contribution in [0.25, 0.3) is 0 Å². The molecule has 0 saturated heterocycles. The number of nitro groups is 1. The van der Waals surface area contributed by atoms with Crippen LogP contribution in [0.15, 0.2) is 18.2 Å². The van der Waals surface area contributed by atoms with Gasteiger partial charge >= 0.3 is 6.09 Å². The normalized spacial score (nSPS) is 10.9. The molecule has 1 aromatic rings. The molecule has 0 atom stereocenters. The zero-order valence-electron chi connectivity index (χ0n) is 12.8. The zero-order valence-corrected chi connectivity index (χ0v) is 12.8. The topological polar surface area (TPSA) is 93.5 Å². The van der Waals surface area contributed by atoms with Gasteiger partial charge in [-0.3, -0.25) is 10.1 Å². The summed E-state index contributed by atoms with van der Waals surface area (Å²) in [5.74, 6) is -0.677. The van der Waals surface area contributed by atoms with E-state index in [1.807, 2.05) is 0 Å². The molecule has 1 rings (SSSR count). The number of nitrogens with one attached hydrogen (secondary N) is 2. The van der Waals surface area contributed by atoms with Crippen LogP contribution in [0, 0.1) is 15.9 Å². The van der Waals surface area contributed by atoms with Crippen molar-refractivity contribution in [1.82, 2.24) is 5.32 Å². The first-order valence-corrected chi connectivity index (χ1v) is 6.83. The smallest absolute Gasteiger partial charge is 0.407 e. The van der Waals surface area contributed by atoms with Crippen molar-refractivity contribution in [3.8, 4) is 0 Å². The molecule has 8 heteroatoms. The van der Waals surface area contributed by atoms with Crippen LogP contribution in [-0.2, 0) is 4.74 Å². The first-order chi connectivity index (χ1) is 10.2. The van der Waals surface area contributed by atoms with Crippen LogP contribution in [0.1, 0.15) is 27.2 Å². The van der Waals surface area contributed by atoms with Gasteiger partial charge in [0.05, 0.1) is 11.0 Å². The number of carbonyl (C=O) groups excluding carboxylic acids is 1. The fourth-order valence-electron chi connectivity index (χ4n) is 1.61. The van der Waals surface area contributed by atoms with Crippen LogP contribution < -0.4 is 10.6 Å². The van der Waals surface area contributed by atoms with Crippen molar-refractivity contribution >= 4 is 17.5 Å². The predicted octanol–water partition coefficient (Wildman–Crippen LogP) is 3.06. The summed E-state index contributed by atoms with van der Waals surface area (Å²) in [5.41, 5.74) is -0.540. The molecule has 0 saturated carbocycles. The molecule has 0 bridgehead atoms. The third kappa shape index (κ3) is 6.87. The first-order valence-electron chi connectivity index (χ1n) is 6.83. The van der Waals surface area contributed by atoms with Crippen molar-refractivity contribution in [3.05, 3.63) is 34.1 Å². The maximum Gasteiger partial charge on any atom is 0.407 e. The van der Waals surface area contributed by atoms with E-state index in [1.54, 1.807) is 20.8 Å². The lowest BCUT2D eigenvalue weighted by Gasteiger charge is -2.19. The molecular formula is C14H20FN3O4. The van der Waals surface area contributed by atoms with E-state index < -0.39 is 22.4 Å². The molecule has 7 nitrogen and oxygen atoms in total. The Kier molecular flexibility index (Phi) is 6.09. The third-order valence-electron chi connectivity index (χ3n) is 2.44. The van der Waals surface area contributed by atoms with E-state index in [4.69, 9.17) is 4.74 Å². The molecule has 1 amide bonds. The summed E-state index contributed by atoms with van der Waals surface area (Å²) < 4.78 is 18.3. The second-order valence-electron chi connectivity index (χ2n) is 5.66. The average Bonchev–Trinajstić information content (AvgIpc) is 2.35. The Balaban J connectivity index is 2.33. The summed E-state index contributed by atoms with van der Waals surface area (Å²) in [6.07, 6.45) is 0.0534. The van der Waals surface area contributed by atoms with Crippen molar-refractivity contribution in [1.29, 1.82) is 0 Å². The van der Waals surface area contributed by atoms with E-state index in [0.717, 1.165) is 6.07 Å². The Morgan fingerprint density at radius 2 is 2.00 bits per heavy atom. The second-order valence-corrected chi connectivity index (χ2v) is 5.66. The van der Waals surface area contributed by atoms with Crippen molar-refractivity contribution in [2.75, 3.05) is 18.4 Å². The number of amides is 1. The number of alkyl carbamates (subject to hydrolysis) is 1. The number of rotatable bonds is 6. The Labute approximate surface area is 128 Å². The van der Waals surface area contributed by atoms with Gasteiger partial charge in [-0.1, -0.05) is 0 Å². The van der Waals surface area contributed by atoms with Crippen LogP contribution >= 0.6 is 0 Å². The first kappa shape index (κ1) is 17.7. The molecule has 22 heavy (non-hydrogen) atoms. The van der Waals surface area contributed by atoms with E-state index in [1.165, 1.54) is 12.1 Å². The molecule has 0 aliphatic heterocycles. The minimum absolute atomic E-state index is 0.311. The van der Waals surface area contributed by atoms with Crippen molar-refractivity contribution in [2.24, 2.45) is 0 Å². The van der Waals surface area contributed by atoms with Crippen LogP contribution in [0.3, 0.4) is 0 Å². The monoisotopic (exact) mass is 313 g/mol. The highest BCUT2D eigenvalue weighted by atomic mass is 19.1. The Morgan fingerprint density at radius 1 is 1.32 bits per heavy atom. The number of hydrogen-bond donors (Lipinski definition) is 2. The molecule has 0 aromatic heterocycles. The molecule has 0 unspecified atom stereocenters. The molecule has 122 valence electrons. The maximum absolute atomic E-state index is 13.2. The van der Waals surface area contributed by atoms with Crippen molar-refractivity contribution < 1.29 is 18.8 Å². The number of carbonyl (C=O) groups is 1. The van der Waals surface area contributed by atoms with E-state index in [2.05, 4.69) is 10.6 Å². The van der Waals surface area contributed by atoms with Crippen LogP contribution in [0.5, 0.6) is 0 Å². The number of anilines is 1. The summed E-state index contributed by atoms with van der Waals surface area (Å²) in [6.45, 7) is 6.11. The van der Waals surface area contributed by atoms with Crippen LogP contribution in [-0.4, -0.2) is 29.7 Å². The number of benzene rings is 1. The quantitative estimate of drug-likeness (QED) is 0.478. The molecule has 2 N–H and O–H groups in total. The largest absolute Gasteiger partial charge is 0.444 e. The van der Waals surface area contributed by atoms with Gasteiger partial charge in [-0.05, 0) is 33.3 Å².